The number of carbonyl (C=O) groups excluding carboxylic acids is 2. The van der Waals surface area contributed by atoms with Gasteiger partial charge >= 0.3 is 0 Å². The highest BCUT2D eigenvalue weighted by Gasteiger charge is 2.11. The molecular formula is C21H18FN3O2. The van der Waals surface area contributed by atoms with Gasteiger partial charge in [-0.2, -0.15) is 0 Å². The monoisotopic (exact) mass is 363 g/mol. The Morgan fingerprint density at radius 1 is 0.852 bits per heavy atom. The molecule has 27 heavy (non-hydrogen) atoms. The van der Waals surface area contributed by atoms with E-state index in [0.29, 0.717) is 23.2 Å². The van der Waals surface area contributed by atoms with Crippen molar-refractivity contribution in [3.05, 3.63) is 101 Å². The fourth-order valence-electron chi connectivity index (χ4n) is 2.51. The number of carbonyl (C=O) groups is 2. The second-order valence-corrected chi connectivity index (χ2v) is 5.90. The molecule has 0 aliphatic rings. The third-order valence-corrected chi connectivity index (χ3v) is 3.96. The van der Waals surface area contributed by atoms with E-state index in [1.54, 1.807) is 54.9 Å². The molecule has 0 bridgehead atoms. The molecule has 0 spiro atoms. The van der Waals surface area contributed by atoms with Gasteiger partial charge in [0.15, 0.2) is 0 Å². The molecule has 0 saturated heterocycles. The highest BCUT2D eigenvalue weighted by atomic mass is 19.1. The average Bonchev–Trinajstić information content (AvgIpc) is 2.72. The van der Waals surface area contributed by atoms with E-state index in [-0.39, 0.29) is 24.2 Å². The third kappa shape index (κ3) is 4.98. The second-order valence-electron chi connectivity index (χ2n) is 5.90. The van der Waals surface area contributed by atoms with Gasteiger partial charge < -0.3 is 10.6 Å². The zero-order valence-corrected chi connectivity index (χ0v) is 14.5. The Balaban J connectivity index is 1.61. The lowest BCUT2D eigenvalue weighted by molar-refractivity contribution is 0.0950. The van der Waals surface area contributed by atoms with E-state index in [1.165, 1.54) is 12.1 Å². The van der Waals surface area contributed by atoms with Crippen molar-refractivity contribution in [1.29, 1.82) is 0 Å². The number of nitrogens with zero attached hydrogens (tertiary/aromatic N) is 1. The molecule has 1 aromatic heterocycles. The van der Waals surface area contributed by atoms with Crippen molar-refractivity contribution in [3.8, 4) is 0 Å². The van der Waals surface area contributed by atoms with Crippen LogP contribution < -0.4 is 10.6 Å². The SMILES string of the molecule is O=C(NCc1cccnc1)c1cccc(C(=O)NCc2ccccc2F)c1. The van der Waals surface area contributed by atoms with Gasteiger partial charge in [0.2, 0.25) is 0 Å². The molecule has 0 fully saturated rings. The van der Waals surface area contributed by atoms with Crippen LogP contribution in [0.3, 0.4) is 0 Å². The fraction of sp³-hybridized carbons (Fsp3) is 0.0952. The summed E-state index contributed by atoms with van der Waals surface area (Å²) in [7, 11) is 0. The number of nitrogens with one attached hydrogen (secondary N) is 2. The van der Waals surface area contributed by atoms with Crippen LogP contribution in [0.1, 0.15) is 31.8 Å². The lowest BCUT2D eigenvalue weighted by Crippen LogP contribution is -2.25. The number of aromatic nitrogens is 1. The molecule has 0 radical (unpaired) electrons. The van der Waals surface area contributed by atoms with Crippen molar-refractivity contribution in [2.45, 2.75) is 13.1 Å². The van der Waals surface area contributed by atoms with Crippen LogP contribution in [0.25, 0.3) is 0 Å². The average molecular weight is 363 g/mol. The van der Waals surface area contributed by atoms with Crippen LogP contribution >= 0.6 is 0 Å². The standard InChI is InChI=1S/C21H18FN3O2/c22-19-9-2-1-6-18(19)14-25-21(27)17-8-3-7-16(11-17)20(26)24-13-15-5-4-10-23-12-15/h1-12H,13-14H2,(H,24,26)(H,25,27). The third-order valence-electron chi connectivity index (χ3n) is 3.96. The summed E-state index contributed by atoms with van der Waals surface area (Å²) in [5.41, 5.74) is 1.98. The number of amides is 2. The van der Waals surface area contributed by atoms with E-state index in [0.717, 1.165) is 5.56 Å². The largest absolute Gasteiger partial charge is 0.348 e. The molecule has 0 saturated carbocycles. The summed E-state index contributed by atoms with van der Waals surface area (Å²) in [6, 6.07) is 16.3. The molecule has 0 atom stereocenters. The predicted octanol–water partition coefficient (Wildman–Crippen LogP) is 3.08. The molecule has 3 rings (SSSR count). The summed E-state index contributed by atoms with van der Waals surface area (Å²) in [4.78, 5) is 28.6. The molecule has 6 heteroatoms. The summed E-state index contributed by atoms with van der Waals surface area (Å²) in [5.74, 6) is -1.04. The molecule has 2 aromatic carbocycles. The molecule has 3 aromatic rings. The Morgan fingerprint density at radius 3 is 2.22 bits per heavy atom. The van der Waals surface area contributed by atoms with E-state index in [4.69, 9.17) is 0 Å². The van der Waals surface area contributed by atoms with Gasteiger partial charge in [-0.3, -0.25) is 14.6 Å². The number of halogens is 1. The zero-order chi connectivity index (χ0) is 19.1. The predicted molar refractivity (Wildman–Crippen MR) is 99.4 cm³/mol. The van der Waals surface area contributed by atoms with Gasteiger partial charge in [0.05, 0.1) is 0 Å². The summed E-state index contributed by atoms with van der Waals surface area (Å²) in [6.07, 6.45) is 3.33. The Labute approximate surface area is 156 Å². The summed E-state index contributed by atoms with van der Waals surface area (Å²) < 4.78 is 13.6. The lowest BCUT2D eigenvalue weighted by atomic mass is 10.1. The Bertz CT molecular complexity index is 945. The zero-order valence-electron chi connectivity index (χ0n) is 14.5. The molecule has 2 N–H and O–H groups in total. The van der Waals surface area contributed by atoms with Crippen LogP contribution in [-0.2, 0) is 13.1 Å². The first-order valence-corrected chi connectivity index (χ1v) is 8.42. The maximum absolute atomic E-state index is 13.6. The van der Waals surface area contributed by atoms with Gasteiger partial charge in [0.25, 0.3) is 11.8 Å². The Morgan fingerprint density at radius 2 is 1.56 bits per heavy atom. The van der Waals surface area contributed by atoms with Gasteiger partial charge in [0.1, 0.15) is 5.82 Å². The molecular weight excluding hydrogens is 345 g/mol. The van der Waals surface area contributed by atoms with Crippen LogP contribution in [0.2, 0.25) is 0 Å². The van der Waals surface area contributed by atoms with E-state index in [1.807, 2.05) is 6.07 Å². The minimum atomic E-state index is -0.375. The summed E-state index contributed by atoms with van der Waals surface area (Å²) in [6.45, 7) is 0.416. The highest BCUT2D eigenvalue weighted by molar-refractivity contribution is 5.99. The number of hydrogen-bond donors (Lipinski definition) is 2. The summed E-state index contributed by atoms with van der Waals surface area (Å²) >= 11 is 0. The molecule has 0 aliphatic heterocycles. The van der Waals surface area contributed by atoms with E-state index in [2.05, 4.69) is 15.6 Å². The minimum absolute atomic E-state index is 0.0724. The van der Waals surface area contributed by atoms with Gasteiger partial charge in [-0.15, -0.1) is 0 Å². The van der Waals surface area contributed by atoms with Gasteiger partial charge in [-0.25, -0.2) is 4.39 Å². The first kappa shape index (κ1) is 18.3. The van der Waals surface area contributed by atoms with Crippen molar-refractivity contribution in [1.82, 2.24) is 15.6 Å². The van der Waals surface area contributed by atoms with Crippen LogP contribution in [0.5, 0.6) is 0 Å². The fourth-order valence-corrected chi connectivity index (χ4v) is 2.51. The molecule has 2 amide bonds. The van der Waals surface area contributed by atoms with Crippen molar-refractivity contribution < 1.29 is 14.0 Å². The molecule has 0 aliphatic carbocycles. The quantitative estimate of drug-likeness (QED) is 0.707. The molecule has 136 valence electrons. The highest BCUT2D eigenvalue weighted by Crippen LogP contribution is 2.09. The topological polar surface area (TPSA) is 71.1 Å². The second kappa shape index (κ2) is 8.71. The number of benzene rings is 2. The van der Waals surface area contributed by atoms with E-state index in [9.17, 15) is 14.0 Å². The Kier molecular flexibility index (Phi) is 5.89. The van der Waals surface area contributed by atoms with Gasteiger partial charge in [-0.05, 0) is 35.9 Å². The maximum Gasteiger partial charge on any atom is 0.251 e. The van der Waals surface area contributed by atoms with Crippen LogP contribution in [0.4, 0.5) is 4.39 Å². The van der Waals surface area contributed by atoms with Crippen LogP contribution in [0.15, 0.2) is 73.1 Å². The number of pyridine rings is 1. The molecule has 5 nitrogen and oxygen atoms in total. The molecule has 0 unspecified atom stereocenters. The Hall–Kier alpha value is -3.54. The van der Waals surface area contributed by atoms with Gasteiger partial charge in [-0.1, -0.05) is 30.3 Å². The number of rotatable bonds is 6. The van der Waals surface area contributed by atoms with E-state index >= 15 is 0 Å². The first-order valence-electron chi connectivity index (χ1n) is 8.42. The normalized spacial score (nSPS) is 10.3. The van der Waals surface area contributed by atoms with Crippen molar-refractivity contribution in [2.75, 3.05) is 0 Å². The smallest absolute Gasteiger partial charge is 0.251 e. The van der Waals surface area contributed by atoms with Crippen molar-refractivity contribution >= 4 is 11.8 Å². The van der Waals surface area contributed by atoms with Crippen molar-refractivity contribution in [2.24, 2.45) is 0 Å². The summed E-state index contributed by atoms with van der Waals surface area (Å²) in [5, 5.41) is 5.45. The van der Waals surface area contributed by atoms with Gasteiger partial charge in [0, 0.05) is 42.2 Å². The van der Waals surface area contributed by atoms with Crippen LogP contribution in [-0.4, -0.2) is 16.8 Å². The minimum Gasteiger partial charge on any atom is -0.348 e. The lowest BCUT2D eigenvalue weighted by Gasteiger charge is -2.08. The van der Waals surface area contributed by atoms with Crippen molar-refractivity contribution in [3.63, 3.8) is 0 Å². The van der Waals surface area contributed by atoms with E-state index < -0.39 is 0 Å². The molecule has 1 heterocycles. The first-order chi connectivity index (χ1) is 13.1. The number of hydrogen-bond acceptors (Lipinski definition) is 3. The van der Waals surface area contributed by atoms with Crippen LogP contribution in [0, 0.1) is 5.82 Å². The maximum atomic E-state index is 13.6.